The third kappa shape index (κ3) is 3.66. The van der Waals surface area contributed by atoms with Gasteiger partial charge in [0.05, 0.1) is 31.0 Å². The highest BCUT2D eigenvalue weighted by Crippen LogP contribution is 2.26. The fraction of sp³-hybridized carbons (Fsp3) is 0.333. The van der Waals surface area contributed by atoms with Crippen molar-refractivity contribution in [2.75, 3.05) is 40.4 Å². The molecule has 0 atom stereocenters. The van der Waals surface area contributed by atoms with Crippen LogP contribution in [0.15, 0.2) is 48.7 Å². The fourth-order valence-electron chi connectivity index (χ4n) is 3.55. The molecule has 28 heavy (non-hydrogen) atoms. The number of fused-ring (bicyclic) bond motifs is 1. The zero-order valence-corrected chi connectivity index (χ0v) is 16.2. The van der Waals surface area contributed by atoms with E-state index in [0.29, 0.717) is 30.2 Å². The molecule has 7 heteroatoms. The van der Waals surface area contributed by atoms with E-state index in [0.717, 1.165) is 30.8 Å². The number of carbonyl (C=O) groups excluding carboxylic acids is 1. The van der Waals surface area contributed by atoms with Crippen LogP contribution >= 0.6 is 0 Å². The van der Waals surface area contributed by atoms with E-state index >= 15 is 0 Å². The van der Waals surface area contributed by atoms with Gasteiger partial charge in [0.15, 0.2) is 0 Å². The summed E-state index contributed by atoms with van der Waals surface area (Å²) in [5.74, 6) is 1.20. The minimum atomic E-state index is -0.00752. The van der Waals surface area contributed by atoms with Crippen LogP contribution in [0.4, 0.5) is 0 Å². The maximum atomic E-state index is 12.9. The van der Waals surface area contributed by atoms with Crippen molar-refractivity contribution < 1.29 is 14.3 Å². The van der Waals surface area contributed by atoms with Gasteiger partial charge in [0.25, 0.3) is 5.91 Å². The van der Waals surface area contributed by atoms with Crippen molar-refractivity contribution in [3.8, 4) is 11.5 Å². The molecule has 146 valence electrons. The molecule has 3 heterocycles. The predicted octanol–water partition coefficient (Wildman–Crippen LogP) is 2.31. The third-order valence-electron chi connectivity index (χ3n) is 5.10. The first-order valence-electron chi connectivity index (χ1n) is 9.35. The molecule has 1 saturated heterocycles. The standard InChI is InChI=1S/C21H24N4O3/c1-27-18-6-7-19(20(14-18)28-2)21(26)24-11-9-23(10-12-24)15-16-13-17-5-3-4-8-25(17)22-16/h3-8,13-14H,9-12,15H2,1-2H3. The summed E-state index contributed by atoms with van der Waals surface area (Å²) in [5, 5.41) is 4.61. The first-order valence-corrected chi connectivity index (χ1v) is 9.35. The quantitative estimate of drug-likeness (QED) is 0.680. The Hall–Kier alpha value is -3.06. The number of amides is 1. The van der Waals surface area contributed by atoms with Gasteiger partial charge in [0, 0.05) is 45.0 Å². The van der Waals surface area contributed by atoms with E-state index in [9.17, 15) is 4.79 Å². The second-order valence-corrected chi connectivity index (χ2v) is 6.84. The molecular weight excluding hydrogens is 356 g/mol. The minimum Gasteiger partial charge on any atom is -0.497 e. The van der Waals surface area contributed by atoms with Crippen molar-refractivity contribution >= 4 is 11.4 Å². The molecule has 1 fully saturated rings. The highest BCUT2D eigenvalue weighted by molar-refractivity contribution is 5.97. The molecule has 0 saturated carbocycles. The number of piperazine rings is 1. The molecule has 0 radical (unpaired) electrons. The minimum absolute atomic E-state index is 0.00752. The maximum Gasteiger partial charge on any atom is 0.257 e. The molecule has 3 aromatic rings. The van der Waals surface area contributed by atoms with Crippen molar-refractivity contribution in [1.82, 2.24) is 19.4 Å². The van der Waals surface area contributed by atoms with Crippen LogP contribution in [0.3, 0.4) is 0 Å². The average molecular weight is 380 g/mol. The van der Waals surface area contributed by atoms with E-state index in [4.69, 9.17) is 9.47 Å². The van der Waals surface area contributed by atoms with E-state index in [1.165, 1.54) is 0 Å². The van der Waals surface area contributed by atoms with Gasteiger partial charge in [-0.1, -0.05) is 6.07 Å². The summed E-state index contributed by atoms with van der Waals surface area (Å²) in [6.07, 6.45) is 1.96. The summed E-state index contributed by atoms with van der Waals surface area (Å²) < 4.78 is 12.5. The second-order valence-electron chi connectivity index (χ2n) is 6.84. The molecule has 4 rings (SSSR count). The first kappa shape index (κ1) is 18.3. The third-order valence-corrected chi connectivity index (χ3v) is 5.10. The number of methoxy groups -OCH3 is 2. The van der Waals surface area contributed by atoms with Gasteiger partial charge in [-0.15, -0.1) is 0 Å². The molecule has 2 aromatic heterocycles. The highest BCUT2D eigenvalue weighted by atomic mass is 16.5. The Balaban J connectivity index is 1.39. The van der Waals surface area contributed by atoms with E-state index in [1.807, 2.05) is 27.7 Å². The summed E-state index contributed by atoms with van der Waals surface area (Å²) in [4.78, 5) is 17.1. The zero-order valence-electron chi connectivity index (χ0n) is 16.2. The molecule has 1 aromatic carbocycles. The average Bonchev–Trinajstić information content (AvgIpc) is 3.15. The van der Waals surface area contributed by atoms with Crippen LogP contribution in [-0.2, 0) is 6.54 Å². The van der Waals surface area contributed by atoms with Crippen molar-refractivity contribution in [2.45, 2.75) is 6.54 Å². The Labute approximate surface area is 164 Å². The Morgan fingerprint density at radius 2 is 1.86 bits per heavy atom. The SMILES string of the molecule is COc1ccc(C(=O)N2CCN(Cc3cc4ccccn4n3)CC2)c(OC)c1. The number of hydrogen-bond acceptors (Lipinski definition) is 5. The van der Waals surface area contributed by atoms with Crippen LogP contribution in [0.25, 0.3) is 5.52 Å². The Kier molecular flexibility index (Phi) is 5.16. The number of pyridine rings is 1. The van der Waals surface area contributed by atoms with Gasteiger partial charge < -0.3 is 14.4 Å². The maximum absolute atomic E-state index is 12.9. The summed E-state index contributed by atoms with van der Waals surface area (Å²) in [5.41, 5.74) is 2.71. The number of carbonyl (C=O) groups is 1. The number of aromatic nitrogens is 2. The molecule has 0 aliphatic carbocycles. The van der Waals surface area contributed by atoms with E-state index < -0.39 is 0 Å². The molecular formula is C21H24N4O3. The van der Waals surface area contributed by atoms with Gasteiger partial charge in [0.2, 0.25) is 0 Å². The van der Waals surface area contributed by atoms with E-state index in [-0.39, 0.29) is 5.91 Å². The second kappa shape index (κ2) is 7.90. The van der Waals surface area contributed by atoms with Gasteiger partial charge in [-0.3, -0.25) is 9.69 Å². The monoisotopic (exact) mass is 380 g/mol. The fourth-order valence-corrected chi connectivity index (χ4v) is 3.55. The van der Waals surface area contributed by atoms with Gasteiger partial charge in [-0.2, -0.15) is 5.10 Å². The smallest absolute Gasteiger partial charge is 0.257 e. The Morgan fingerprint density at radius 3 is 2.57 bits per heavy atom. The number of ether oxygens (including phenoxy) is 2. The van der Waals surface area contributed by atoms with Crippen molar-refractivity contribution in [3.63, 3.8) is 0 Å². The van der Waals surface area contributed by atoms with Crippen LogP contribution in [0.1, 0.15) is 16.1 Å². The van der Waals surface area contributed by atoms with E-state index in [1.54, 1.807) is 32.4 Å². The lowest BCUT2D eigenvalue weighted by Crippen LogP contribution is -2.48. The Bertz CT molecular complexity index is 944. The van der Waals surface area contributed by atoms with Crippen LogP contribution in [-0.4, -0.2) is 65.7 Å². The molecule has 1 aliphatic rings. The van der Waals surface area contributed by atoms with Crippen molar-refractivity contribution in [1.29, 1.82) is 0 Å². The summed E-state index contributed by atoms with van der Waals surface area (Å²) in [6.45, 7) is 3.79. The molecule has 1 amide bonds. The van der Waals surface area contributed by atoms with Crippen LogP contribution in [0.5, 0.6) is 11.5 Å². The van der Waals surface area contributed by atoms with Crippen molar-refractivity contribution in [2.24, 2.45) is 0 Å². The zero-order chi connectivity index (χ0) is 19.5. The lowest BCUT2D eigenvalue weighted by molar-refractivity contribution is 0.0623. The molecule has 0 spiro atoms. The molecule has 1 aliphatic heterocycles. The highest BCUT2D eigenvalue weighted by Gasteiger charge is 2.25. The first-order chi connectivity index (χ1) is 13.7. The summed E-state index contributed by atoms with van der Waals surface area (Å²) >= 11 is 0. The van der Waals surface area contributed by atoms with Gasteiger partial charge in [-0.25, -0.2) is 4.52 Å². The lowest BCUT2D eigenvalue weighted by atomic mass is 10.1. The lowest BCUT2D eigenvalue weighted by Gasteiger charge is -2.34. The number of benzene rings is 1. The van der Waals surface area contributed by atoms with Gasteiger partial charge in [0.1, 0.15) is 11.5 Å². The van der Waals surface area contributed by atoms with Crippen LogP contribution in [0.2, 0.25) is 0 Å². The number of hydrogen-bond donors (Lipinski definition) is 0. The normalized spacial score (nSPS) is 15.0. The summed E-state index contributed by atoms with van der Waals surface area (Å²) in [7, 11) is 3.16. The van der Waals surface area contributed by atoms with Crippen molar-refractivity contribution in [3.05, 3.63) is 59.9 Å². The summed E-state index contributed by atoms with van der Waals surface area (Å²) in [6, 6.07) is 13.4. The number of rotatable bonds is 5. The molecule has 0 bridgehead atoms. The molecule has 7 nitrogen and oxygen atoms in total. The van der Waals surface area contributed by atoms with Gasteiger partial charge in [-0.05, 0) is 30.3 Å². The predicted molar refractivity (Wildman–Crippen MR) is 106 cm³/mol. The van der Waals surface area contributed by atoms with Crippen LogP contribution < -0.4 is 9.47 Å². The largest absolute Gasteiger partial charge is 0.497 e. The molecule has 0 N–H and O–H groups in total. The Morgan fingerprint density at radius 1 is 1.04 bits per heavy atom. The van der Waals surface area contributed by atoms with E-state index in [2.05, 4.69) is 22.1 Å². The van der Waals surface area contributed by atoms with Crippen LogP contribution in [0, 0.1) is 0 Å². The molecule has 0 unspecified atom stereocenters. The van der Waals surface area contributed by atoms with Gasteiger partial charge >= 0.3 is 0 Å². The number of nitrogens with zero attached hydrogens (tertiary/aromatic N) is 4. The topological polar surface area (TPSA) is 59.3 Å².